The Labute approximate surface area is 102 Å². The van der Waals surface area contributed by atoms with E-state index >= 15 is 0 Å². The molecule has 0 aromatic heterocycles. The fraction of sp³-hybridized carbons (Fsp3) is 1.00. The van der Waals surface area contributed by atoms with Crippen molar-refractivity contribution >= 4 is 0 Å². The molecule has 17 heavy (non-hydrogen) atoms. The van der Waals surface area contributed by atoms with Crippen LogP contribution in [0.25, 0.3) is 0 Å². The molecule has 0 aromatic carbocycles. The van der Waals surface area contributed by atoms with Gasteiger partial charge in [-0.25, -0.2) is 8.78 Å². The van der Waals surface area contributed by atoms with Gasteiger partial charge in [0.2, 0.25) is 5.92 Å². The molecule has 2 aliphatic rings. The molecule has 0 spiro atoms. The number of hydrogen-bond donors (Lipinski definition) is 1. The Hall–Kier alpha value is -0.220. The second-order valence-corrected chi connectivity index (χ2v) is 5.73. The number of aliphatic hydroxyl groups is 1. The van der Waals surface area contributed by atoms with E-state index in [0.29, 0.717) is 31.3 Å². The highest BCUT2D eigenvalue weighted by Crippen LogP contribution is 2.36. The van der Waals surface area contributed by atoms with Gasteiger partial charge in [0.1, 0.15) is 0 Å². The molecule has 100 valence electrons. The van der Waals surface area contributed by atoms with E-state index < -0.39 is 5.92 Å². The molecule has 4 heteroatoms. The van der Waals surface area contributed by atoms with Gasteiger partial charge < -0.3 is 10.0 Å². The first-order chi connectivity index (χ1) is 8.09. The summed E-state index contributed by atoms with van der Waals surface area (Å²) in [7, 11) is 0. The van der Waals surface area contributed by atoms with Gasteiger partial charge >= 0.3 is 0 Å². The lowest BCUT2D eigenvalue weighted by atomic mass is 9.86. The van der Waals surface area contributed by atoms with E-state index in [9.17, 15) is 8.78 Å². The van der Waals surface area contributed by atoms with Gasteiger partial charge in [-0.3, -0.25) is 0 Å². The molecule has 1 N–H and O–H groups in total. The summed E-state index contributed by atoms with van der Waals surface area (Å²) in [5, 5.41) is 9.05. The molecular weight excluding hydrogens is 224 g/mol. The molecule has 2 fully saturated rings. The molecule has 0 atom stereocenters. The van der Waals surface area contributed by atoms with Crippen LogP contribution in [0.2, 0.25) is 0 Å². The summed E-state index contributed by atoms with van der Waals surface area (Å²) in [6.45, 7) is 3.33. The van der Waals surface area contributed by atoms with Crippen LogP contribution >= 0.6 is 0 Å². The van der Waals surface area contributed by atoms with Crippen LogP contribution in [-0.2, 0) is 0 Å². The summed E-state index contributed by atoms with van der Waals surface area (Å²) in [6.07, 6.45) is 3.61. The lowest BCUT2D eigenvalue weighted by Crippen LogP contribution is -2.39. The van der Waals surface area contributed by atoms with E-state index in [0.717, 1.165) is 32.5 Å². The molecule has 2 nitrogen and oxygen atoms in total. The van der Waals surface area contributed by atoms with Crippen LogP contribution in [0.4, 0.5) is 8.78 Å². The molecule has 1 saturated carbocycles. The van der Waals surface area contributed by atoms with Crippen LogP contribution in [0.1, 0.15) is 38.5 Å². The summed E-state index contributed by atoms with van der Waals surface area (Å²) in [5.41, 5.74) is 0. The molecule has 0 radical (unpaired) electrons. The first-order valence-corrected chi connectivity index (χ1v) is 6.80. The van der Waals surface area contributed by atoms with Gasteiger partial charge in [0.25, 0.3) is 0 Å². The van der Waals surface area contributed by atoms with Gasteiger partial charge in [0, 0.05) is 26.0 Å². The van der Waals surface area contributed by atoms with Gasteiger partial charge in [-0.2, -0.15) is 0 Å². The SMILES string of the molecule is OCC1CCN(CC2CCC(F)(F)CC2)CC1. The molecule has 0 bridgehead atoms. The van der Waals surface area contributed by atoms with Crippen LogP contribution in [0.5, 0.6) is 0 Å². The van der Waals surface area contributed by atoms with Crippen LogP contribution < -0.4 is 0 Å². The fourth-order valence-electron chi connectivity index (χ4n) is 3.00. The highest BCUT2D eigenvalue weighted by molar-refractivity contribution is 4.81. The van der Waals surface area contributed by atoms with Crippen LogP contribution in [-0.4, -0.2) is 42.2 Å². The van der Waals surface area contributed by atoms with E-state index in [2.05, 4.69) is 4.90 Å². The zero-order chi connectivity index (χ0) is 12.3. The summed E-state index contributed by atoms with van der Waals surface area (Å²) >= 11 is 0. The van der Waals surface area contributed by atoms with Crippen LogP contribution in [0, 0.1) is 11.8 Å². The number of alkyl halides is 2. The topological polar surface area (TPSA) is 23.5 Å². The average molecular weight is 247 g/mol. The van der Waals surface area contributed by atoms with Crippen molar-refractivity contribution in [3.05, 3.63) is 0 Å². The zero-order valence-corrected chi connectivity index (χ0v) is 10.4. The van der Waals surface area contributed by atoms with Crippen molar-refractivity contribution in [1.82, 2.24) is 4.90 Å². The largest absolute Gasteiger partial charge is 0.396 e. The summed E-state index contributed by atoms with van der Waals surface area (Å²) in [5.74, 6) is -1.48. The lowest BCUT2D eigenvalue weighted by Gasteiger charge is -2.36. The van der Waals surface area contributed by atoms with Crippen molar-refractivity contribution in [2.24, 2.45) is 11.8 Å². The molecule has 1 heterocycles. The molecule has 0 unspecified atom stereocenters. The first kappa shape index (κ1) is 13.2. The van der Waals surface area contributed by atoms with Crippen molar-refractivity contribution in [3.8, 4) is 0 Å². The van der Waals surface area contributed by atoms with Crippen molar-refractivity contribution < 1.29 is 13.9 Å². The van der Waals surface area contributed by atoms with Crippen LogP contribution in [0.15, 0.2) is 0 Å². The van der Waals surface area contributed by atoms with Gasteiger partial charge in [0.05, 0.1) is 0 Å². The maximum absolute atomic E-state index is 13.0. The quantitative estimate of drug-likeness (QED) is 0.828. The fourth-order valence-corrected chi connectivity index (χ4v) is 3.00. The van der Waals surface area contributed by atoms with E-state index in [4.69, 9.17) is 5.11 Å². The van der Waals surface area contributed by atoms with Crippen molar-refractivity contribution in [2.75, 3.05) is 26.2 Å². The Morgan fingerprint density at radius 3 is 2.12 bits per heavy atom. The number of piperidine rings is 1. The Morgan fingerprint density at radius 2 is 1.59 bits per heavy atom. The predicted octanol–water partition coefficient (Wildman–Crippen LogP) is 2.52. The maximum atomic E-state index is 13.0. The lowest BCUT2D eigenvalue weighted by molar-refractivity contribution is -0.0498. The normalized spacial score (nSPS) is 28.4. The smallest absolute Gasteiger partial charge is 0.248 e. The number of nitrogens with zero attached hydrogens (tertiary/aromatic N) is 1. The van der Waals surface area contributed by atoms with Gasteiger partial charge in [-0.05, 0) is 50.6 Å². The molecule has 1 saturated heterocycles. The third-order valence-corrected chi connectivity index (χ3v) is 4.32. The molecule has 2 rings (SSSR count). The van der Waals surface area contributed by atoms with E-state index in [1.807, 2.05) is 0 Å². The predicted molar refractivity (Wildman–Crippen MR) is 63.2 cm³/mol. The van der Waals surface area contributed by atoms with E-state index in [1.165, 1.54) is 0 Å². The summed E-state index contributed by atoms with van der Waals surface area (Å²) < 4.78 is 26.0. The third kappa shape index (κ3) is 3.88. The third-order valence-electron chi connectivity index (χ3n) is 4.32. The Kier molecular flexibility index (Phi) is 4.36. The standard InChI is InChI=1S/C13H23F2NO/c14-13(15)5-1-11(2-6-13)9-16-7-3-12(10-17)4-8-16/h11-12,17H,1-10H2. The highest BCUT2D eigenvalue weighted by atomic mass is 19.3. The van der Waals surface area contributed by atoms with Gasteiger partial charge in [0.15, 0.2) is 0 Å². The molecule has 0 amide bonds. The average Bonchev–Trinajstić information content (AvgIpc) is 2.33. The minimum Gasteiger partial charge on any atom is -0.396 e. The van der Waals surface area contributed by atoms with Crippen molar-refractivity contribution in [1.29, 1.82) is 0 Å². The molecule has 1 aliphatic carbocycles. The molecule has 0 aromatic rings. The summed E-state index contributed by atoms with van der Waals surface area (Å²) in [6, 6.07) is 0. The van der Waals surface area contributed by atoms with E-state index in [1.54, 1.807) is 0 Å². The molecule has 1 aliphatic heterocycles. The Balaban J connectivity index is 1.69. The highest BCUT2D eigenvalue weighted by Gasteiger charge is 2.35. The Bertz CT molecular complexity index is 230. The number of likely N-dealkylation sites (tertiary alicyclic amines) is 1. The monoisotopic (exact) mass is 247 g/mol. The second kappa shape index (κ2) is 5.61. The van der Waals surface area contributed by atoms with Crippen molar-refractivity contribution in [3.63, 3.8) is 0 Å². The maximum Gasteiger partial charge on any atom is 0.248 e. The Morgan fingerprint density at radius 1 is 1.00 bits per heavy atom. The first-order valence-electron chi connectivity index (χ1n) is 6.80. The second-order valence-electron chi connectivity index (χ2n) is 5.73. The minimum atomic E-state index is -2.40. The number of aliphatic hydroxyl groups excluding tert-OH is 1. The number of halogens is 2. The molecular formula is C13H23F2NO. The minimum absolute atomic E-state index is 0.0742. The van der Waals surface area contributed by atoms with Crippen molar-refractivity contribution in [2.45, 2.75) is 44.4 Å². The number of rotatable bonds is 3. The van der Waals surface area contributed by atoms with Crippen LogP contribution in [0.3, 0.4) is 0 Å². The van der Waals surface area contributed by atoms with Gasteiger partial charge in [-0.1, -0.05) is 0 Å². The van der Waals surface area contributed by atoms with Gasteiger partial charge in [-0.15, -0.1) is 0 Å². The zero-order valence-electron chi connectivity index (χ0n) is 10.4. The number of hydrogen-bond acceptors (Lipinski definition) is 2. The summed E-state index contributed by atoms with van der Waals surface area (Å²) in [4.78, 5) is 2.39. The van der Waals surface area contributed by atoms with E-state index in [-0.39, 0.29) is 12.8 Å².